The van der Waals surface area contributed by atoms with Crippen molar-refractivity contribution in [2.75, 3.05) is 6.61 Å². The number of halogens is 2. The highest BCUT2D eigenvalue weighted by atomic mass is 32.2. The first-order chi connectivity index (χ1) is 18.5. The molecule has 0 aliphatic heterocycles. The van der Waals surface area contributed by atoms with E-state index in [0.29, 0.717) is 55.7 Å². The third-order valence-electron chi connectivity index (χ3n) is 9.08. The number of benzene rings is 1. The van der Waals surface area contributed by atoms with Crippen LogP contribution in [0.5, 0.6) is 0 Å². The number of carbonyl (C=O) groups is 3. The molecule has 4 saturated carbocycles. The van der Waals surface area contributed by atoms with Crippen LogP contribution < -0.4 is 5.46 Å². The number of carboxylic acid groups (broad SMARTS) is 1. The molecule has 0 amide bonds. The molecule has 0 aromatic heterocycles. The number of aromatic carboxylic acids is 1. The van der Waals surface area contributed by atoms with Crippen molar-refractivity contribution in [3.05, 3.63) is 27.8 Å². The van der Waals surface area contributed by atoms with Gasteiger partial charge in [-0.2, -0.15) is 17.2 Å². The van der Waals surface area contributed by atoms with Crippen LogP contribution in [0.4, 0.5) is 8.78 Å². The molecule has 214 valence electrons. The fourth-order valence-electron chi connectivity index (χ4n) is 8.00. The van der Waals surface area contributed by atoms with E-state index in [0.717, 1.165) is 17.5 Å². The van der Waals surface area contributed by atoms with Gasteiger partial charge < -0.3 is 14.6 Å². The van der Waals surface area contributed by atoms with E-state index in [4.69, 9.17) is 14.0 Å². The van der Waals surface area contributed by atoms with E-state index in [9.17, 15) is 36.7 Å². The predicted molar refractivity (Wildman–Crippen MR) is 151 cm³/mol. The SMILES string of the molecule is BCc1c(B)c(C(=O)O)c(C(=O)OC23CC4CC(C2)CC(C(=O)OCC(F)(F)S(=O)(=O)O)(C4)C3)c(CB)c1CB. The van der Waals surface area contributed by atoms with Crippen molar-refractivity contribution in [1.82, 2.24) is 0 Å². The van der Waals surface area contributed by atoms with Gasteiger partial charge in [0.25, 0.3) is 0 Å². The summed E-state index contributed by atoms with van der Waals surface area (Å²) in [7, 11) is 1.65. The molecule has 0 saturated heterocycles. The molecule has 0 heterocycles. The van der Waals surface area contributed by atoms with Crippen molar-refractivity contribution in [2.24, 2.45) is 17.3 Å². The van der Waals surface area contributed by atoms with Gasteiger partial charge in [0.1, 0.15) is 37.0 Å². The van der Waals surface area contributed by atoms with Crippen LogP contribution in [-0.4, -0.2) is 84.8 Å². The summed E-state index contributed by atoms with van der Waals surface area (Å²) in [6, 6.07) is 0. The first-order valence-electron chi connectivity index (χ1n) is 13.7. The molecule has 2 N–H and O–H groups in total. The fourth-order valence-corrected chi connectivity index (χ4v) is 8.21. The number of esters is 2. The van der Waals surface area contributed by atoms with Gasteiger partial charge in [0, 0.05) is 6.42 Å². The van der Waals surface area contributed by atoms with Gasteiger partial charge in [-0.15, -0.1) is 0 Å². The first kappa shape index (κ1) is 30.6. The van der Waals surface area contributed by atoms with Gasteiger partial charge >= 0.3 is 33.3 Å². The smallest absolute Gasteiger partial charge is 0.402 e. The van der Waals surface area contributed by atoms with E-state index in [2.05, 4.69) is 0 Å². The standard InChI is InChI=1S/C24H32B4F2O9S/c25-6-13-14(7-26)16(17(19(31)32)18(28)15(13)8-27)20(33)39-23-4-11-1-12(5-23)3-22(2-11,9-23)21(34)38-10-24(29,30)40(35,36)37/h11-12H,1-10,25-28H2,(H,31,32)(H,35,36,37). The number of carbonyl (C=O) groups excluding carboxylic acids is 2. The van der Waals surface area contributed by atoms with Crippen LogP contribution in [0.1, 0.15) is 75.9 Å². The number of rotatable bonds is 10. The fraction of sp³-hybridized carbons (Fsp3) is 0.625. The Balaban J connectivity index is 1.69. The van der Waals surface area contributed by atoms with Gasteiger partial charge in [-0.1, -0.05) is 35.6 Å². The second-order valence-electron chi connectivity index (χ2n) is 11.7. The van der Waals surface area contributed by atoms with Crippen LogP contribution in [-0.2, 0) is 43.3 Å². The highest BCUT2D eigenvalue weighted by Gasteiger charge is 2.63. The van der Waals surface area contributed by atoms with Crippen molar-refractivity contribution in [3.8, 4) is 0 Å². The van der Waals surface area contributed by atoms with Gasteiger partial charge in [-0.05, 0) is 49.5 Å². The lowest BCUT2D eigenvalue weighted by atomic mass is 9.48. The zero-order valence-corrected chi connectivity index (χ0v) is 24.0. The van der Waals surface area contributed by atoms with Gasteiger partial charge in [-0.25, -0.2) is 9.59 Å². The van der Waals surface area contributed by atoms with Gasteiger partial charge in [-0.3, -0.25) is 9.35 Å². The summed E-state index contributed by atoms with van der Waals surface area (Å²) in [6.07, 6.45) is 3.93. The largest absolute Gasteiger partial charge is 0.478 e. The summed E-state index contributed by atoms with van der Waals surface area (Å²) in [5.74, 6) is -3.13. The predicted octanol–water partition coefficient (Wildman–Crippen LogP) is -1.44. The molecule has 5 rings (SSSR count). The summed E-state index contributed by atoms with van der Waals surface area (Å²) < 4.78 is 69.2. The van der Waals surface area contributed by atoms with Crippen LogP contribution in [0, 0.1) is 17.3 Å². The molecule has 4 fully saturated rings. The highest BCUT2D eigenvalue weighted by Crippen LogP contribution is 2.63. The molecule has 2 unspecified atom stereocenters. The summed E-state index contributed by atoms with van der Waals surface area (Å²) in [6.45, 7) is -1.82. The van der Waals surface area contributed by atoms with E-state index in [1.165, 1.54) is 0 Å². The Morgan fingerprint density at radius 2 is 1.50 bits per heavy atom. The monoisotopic (exact) mass is 578 g/mol. The lowest BCUT2D eigenvalue weighted by Crippen LogP contribution is -2.60. The maximum atomic E-state index is 13.9. The van der Waals surface area contributed by atoms with Crippen LogP contribution in [0.25, 0.3) is 0 Å². The van der Waals surface area contributed by atoms with E-state index in [1.807, 2.05) is 23.5 Å². The van der Waals surface area contributed by atoms with E-state index < -0.39 is 50.9 Å². The third-order valence-corrected chi connectivity index (χ3v) is 9.96. The lowest BCUT2D eigenvalue weighted by molar-refractivity contribution is -0.200. The van der Waals surface area contributed by atoms with E-state index >= 15 is 0 Å². The average Bonchev–Trinajstić information content (AvgIpc) is 2.84. The topological polar surface area (TPSA) is 144 Å². The average molecular weight is 578 g/mol. The van der Waals surface area contributed by atoms with Crippen LogP contribution in [0.15, 0.2) is 0 Å². The number of hydrogen-bond donors (Lipinski definition) is 2. The minimum atomic E-state index is -5.77. The van der Waals surface area contributed by atoms with Gasteiger partial charge in [0.2, 0.25) is 0 Å². The minimum Gasteiger partial charge on any atom is -0.478 e. The molecule has 0 radical (unpaired) electrons. The van der Waals surface area contributed by atoms with Crippen LogP contribution >= 0.6 is 0 Å². The van der Waals surface area contributed by atoms with Crippen LogP contribution in [0.2, 0.25) is 0 Å². The van der Waals surface area contributed by atoms with Crippen molar-refractivity contribution < 1.29 is 50.7 Å². The lowest BCUT2D eigenvalue weighted by Gasteiger charge is -2.59. The Bertz CT molecular complexity index is 1350. The van der Waals surface area contributed by atoms with Crippen molar-refractivity contribution in [2.45, 2.75) is 68.3 Å². The summed E-state index contributed by atoms with van der Waals surface area (Å²) >= 11 is 0. The maximum Gasteiger partial charge on any atom is 0.402 e. The third kappa shape index (κ3) is 5.10. The molecule has 4 aliphatic carbocycles. The van der Waals surface area contributed by atoms with Crippen molar-refractivity contribution in [3.63, 3.8) is 0 Å². The summed E-state index contributed by atoms with van der Waals surface area (Å²) in [5, 5.41) is 5.48. The summed E-state index contributed by atoms with van der Waals surface area (Å²) in [5.41, 5.74) is 0.510. The van der Waals surface area contributed by atoms with Gasteiger partial charge in [0.05, 0.1) is 16.5 Å². The molecule has 1 aromatic rings. The van der Waals surface area contributed by atoms with Crippen molar-refractivity contribution >= 4 is 64.9 Å². The Kier molecular flexibility index (Phi) is 8.03. The molecule has 4 bridgehead atoms. The Labute approximate surface area is 235 Å². The molecule has 16 heteroatoms. The molecular weight excluding hydrogens is 546 g/mol. The quantitative estimate of drug-likeness (QED) is 0.194. The number of alkyl halides is 2. The second-order valence-corrected chi connectivity index (χ2v) is 13.2. The number of hydrogen-bond acceptors (Lipinski definition) is 7. The normalized spacial score (nSPS) is 27.4. The molecule has 40 heavy (non-hydrogen) atoms. The Hall–Kier alpha value is -2.34. The zero-order valence-electron chi connectivity index (χ0n) is 23.1. The first-order valence-corrected chi connectivity index (χ1v) is 15.1. The van der Waals surface area contributed by atoms with Gasteiger partial charge in [0.15, 0.2) is 6.61 Å². The van der Waals surface area contributed by atoms with E-state index in [1.54, 1.807) is 7.85 Å². The van der Waals surface area contributed by atoms with Crippen LogP contribution in [0.3, 0.4) is 0 Å². The molecule has 0 spiro atoms. The molecule has 4 aliphatic rings. The summed E-state index contributed by atoms with van der Waals surface area (Å²) in [4.78, 5) is 39.5. The van der Waals surface area contributed by atoms with E-state index in [-0.39, 0.29) is 29.4 Å². The molecule has 9 nitrogen and oxygen atoms in total. The minimum absolute atomic E-state index is 0.00550. The Morgan fingerprint density at radius 3 is 1.98 bits per heavy atom. The highest BCUT2D eigenvalue weighted by molar-refractivity contribution is 7.86. The maximum absolute atomic E-state index is 13.9. The number of carboxylic acids is 1. The molecule has 1 aromatic carbocycles. The zero-order chi connectivity index (χ0) is 29.8. The Morgan fingerprint density at radius 1 is 0.950 bits per heavy atom. The second kappa shape index (κ2) is 10.5. The van der Waals surface area contributed by atoms with Crippen molar-refractivity contribution in [1.29, 1.82) is 0 Å². The number of ether oxygens (including phenoxy) is 2. The molecule has 2 atom stereocenters. The molecular formula is C24H32B4F2O9S.